The summed E-state index contributed by atoms with van der Waals surface area (Å²) in [6.45, 7) is 0. The van der Waals surface area contributed by atoms with Crippen LogP contribution in [-0.2, 0) is 4.79 Å². The van der Waals surface area contributed by atoms with Crippen molar-refractivity contribution in [1.82, 2.24) is 0 Å². The summed E-state index contributed by atoms with van der Waals surface area (Å²) in [7, 11) is 0. The van der Waals surface area contributed by atoms with Gasteiger partial charge in [-0.15, -0.1) is 0 Å². The highest BCUT2D eigenvalue weighted by Crippen LogP contribution is 2.18. The van der Waals surface area contributed by atoms with Crippen molar-refractivity contribution in [2.24, 2.45) is 0 Å². The number of unbranched alkanes of at least 4 members (excludes halogenated alkanes) is 3. The van der Waals surface area contributed by atoms with E-state index in [0.29, 0.717) is 24.2 Å². The molecule has 0 aliphatic rings. The van der Waals surface area contributed by atoms with Gasteiger partial charge in [-0.3, -0.25) is 9.59 Å². The minimum absolute atomic E-state index is 0.0249. The second kappa shape index (κ2) is 9.99. The fourth-order valence-corrected chi connectivity index (χ4v) is 2.95. The van der Waals surface area contributed by atoms with Crippen LogP contribution in [0.25, 0.3) is 0 Å². The van der Waals surface area contributed by atoms with Crippen LogP contribution < -0.4 is 11.1 Å². The highest BCUT2D eigenvalue weighted by molar-refractivity contribution is 9.10. The van der Waals surface area contributed by atoms with Gasteiger partial charge in [0.05, 0.1) is 11.4 Å². The first-order valence-corrected chi connectivity index (χ1v) is 9.28. The van der Waals surface area contributed by atoms with E-state index in [2.05, 4.69) is 21.2 Å². The van der Waals surface area contributed by atoms with E-state index < -0.39 is 0 Å². The maximum atomic E-state index is 12.1. The van der Waals surface area contributed by atoms with Crippen molar-refractivity contribution in [3.05, 3.63) is 58.6 Å². The van der Waals surface area contributed by atoms with E-state index in [1.807, 2.05) is 36.4 Å². The molecule has 5 heteroatoms. The van der Waals surface area contributed by atoms with Crippen LogP contribution in [0.15, 0.2) is 53.0 Å². The number of anilines is 2. The molecule has 0 saturated heterocycles. The maximum absolute atomic E-state index is 12.1. The van der Waals surface area contributed by atoms with Crippen LogP contribution in [0, 0.1) is 0 Å². The molecular formula is C20H23BrN2O2. The van der Waals surface area contributed by atoms with Gasteiger partial charge in [0.2, 0.25) is 5.91 Å². The minimum atomic E-state index is -0.0249. The van der Waals surface area contributed by atoms with Gasteiger partial charge in [0.1, 0.15) is 0 Å². The van der Waals surface area contributed by atoms with Crippen molar-refractivity contribution in [3.63, 3.8) is 0 Å². The summed E-state index contributed by atoms with van der Waals surface area (Å²) in [6, 6.07) is 14.7. The molecule has 0 aliphatic carbocycles. The smallest absolute Gasteiger partial charge is 0.224 e. The van der Waals surface area contributed by atoms with Crippen molar-refractivity contribution in [1.29, 1.82) is 0 Å². The van der Waals surface area contributed by atoms with Gasteiger partial charge >= 0.3 is 0 Å². The number of halogens is 1. The molecule has 0 aliphatic heterocycles. The molecule has 0 heterocycles. The van der Waals surface area contributed by atoms with E-state index >= 15 is 0 Å². The number of carbonyl (C=O) groups is 2. The van der Waals surface area contributed by atoms with Crippen LogP contribution in [-0.4, -0.2) is 11.7 Å². The molecule has 4 nitrogen and oxygen atoms in total. The Hall–Kier alpha value is -2.14. The van der Waals surface area contributed by atoms with Gasteiger partial charge < -0.3 is 11.1 Å². The number of Topliss-reactive ketones (excluding diaryl/α,β-unsaturated/α-hetero) is 1. The zero-order valence-corrected chi connectivity index (χ0v) is 15.7. The van der Waals surface area contributed by atoms with Gasteiger partial charge in [-0.1, -0.05) is 53.0 Å². The Balaban J connectivity index is 1.59. The highest BCUT2D eigenvalue weighted by atomic mass is 79.9. The zero-order valence-electron chi connectivity index (χ0n) is 14.1. The lowest BCUT2D eigenvalue weighted by molar-refractivity contribution is -0.116. The number of benzene rings is 2. The van der Waals surface area contributed by atoms with Crippen LogP contribution in [0.3, 0.4) is 0 Å². The SMILES string of the molecule is Nc1ccccc1NC(=O)CCCCCCC(=O)c1cccc(Br)c1. The summed E-state index contributed by atoms with van der Waals surface area (Å²) in [5.74, 6) is 0.140. The van der Waals surface area contributed by atoms with E-state index in [1.54, 1.807) is 12.1 Å². The molecule has 2 aromatic carbocycles. The number of para-hydroxylation sites is 2. The molecule has 0 bridgehead atoms. The predicted molar refractivity (Wildman–Crippen MR) is 106 cm³/mol. The molecule has 3 N–H and O–H groups in total. The molecule has 0 radical (unpaired) electrons. The Bertz CT molecular complexity index is 731. The molecule has 0 unspecified atom stereocenters. The van der Waals surface area contributed by atoms with E-state index in [9.17, 15) is 9.59 Å². The van der Waals surface area contributed by atoms with E-state index in [4.69, 9.17) is 5.73 Å². The van der Waals surface area contributed by atoms with E-state index in [0.717, 1.165) is 35.7 Å². The number of amides is 1. The Kier molecular flexibility index (Phi) is 7.67. The summed E-state index contributed by atoms with van der Waals surface area (Å²) in [5.41, 5.74) is 7.77. The highest BCUT2D eigenvalue weighted by Gasteiger charge is 2.07. The Morgan fingerprint density at radius 3 is 2.36 bits per heavy atom. The second-order valence-electron chi connectivity index (χ2n) is 5.98. The van der Waals surface area contributed by atoms with Gasteiger partial charge in [-0.05, 0) is 37.1 Å². The molecule has 0 aromatic heterocycles. The largest absolute Gasteiger partial charge is 0.397 e. The van der Waals surface area contributed by atoms with Gasteiger partial charge in [-0.25, -0.2) is 0 Å². The molecule has 25 heavy (non-hydrogen) atoms. The van der Waals surface area contributed by atoms with Crippen molar-refractivity contribution >= 4 is 39.0 Å². The lowest BCUT2D eigenvalue weighted by Crippen LogP contribution is -2.12. The topological polar surface area (TPSA) is 72.2 Å². The van der Waals surface area contributed by atoms with Crippen LogP contribution in [0.4, 0.5) is 11.4 Å². The first-order chi connectivity index (χ1) is 12.1. The van der Waals surface area contributed by atoms with Gasteiger partial charge in [0.25, 0.3) is 0 Å². The van der Waals surface area contributed by atoms with Gasteiger partial charge in [0.15, 0.2) is 5.78 Å². The molecular weight excluding hydrogens is 380 g/mol. The summed E-state index contributed by atoms with van der Waals surface area (Å²) < 4.78 is 0.920. The monoisotopic (exact) mass is 402 g/mol. The first kappa shape index (κ1) is 19.2. The standard InChI is InChI=1S/C20H23BrN2O2/c21-16-9-7-8-15(14-16)19(24)12-3-1-2-4-13-20(25)23-18-11-6-5-10-17(18)22/h5-11,14H,1-4,12-13,22H2,(H,23,25). The third kappa shape index (κ3) is 6.70. The first-order valence-electron chi connectivity index (χ1n) is 8.49. The molecule has 0 spiro atoms. The third-order valence-corrected chi connectivity index (χ3v) is 4.43. The fourth-order valence-electron chi connectivity index (χ4n) is 2.55. The quantitative estimate of drug-likeness (QED) is 0.344. The molecule has 2 rings (SSSR count). The number of hydrogen-bond acceptors (Lipinski definition) is 3. The van der Waals surface area contributed by atoms with Crippen LogP contribution in [0.2, 0.25) is 0 Å². The lowest BCUT2D eigenvalue weighted by atomic mass is 10.0. The van der Waals surface area contributed by atoms with Gasteiger partial charge in [-0.2, -0.15) is 0 Å². The van der Waals surface area contributed by atoms with Crippen LogP contribution >= 0.6 is 15.9 Å². The van der Waals surface area contributed by atoms with Gasteiger partial charge in [0, 0.05) is 22.9 Å². The third-order valence-electron chi connectivity index (χ3n) is 3.94. The average Bonchev–Trinajstić information content (AvgIpc) is 2.60. The molecule has 0 atom stereocenters. The lowest BCUT2D eigenvalue weighted by Gasteiger charge is -2.07. The number of nitrogens with two attached hydrogens (primary N) is 1. The number of nitrogen functional groups attached to an aromatic ring is 1. The number of carbonyl (C=O) groups excluding carboxylic acids is 2. The van der Waals surface area contributed by atoms with Crippen molar-refractivity contribution in [2.75, 3.05) is 11.1 Å². The Morgan fingerprint density at radius 1 is 0.920 bits per heavy atom. The van der Waals surface area contributed by atoms with E-state index in [1.165, 1.54) is 0 Å². The average molecular weight is 403 g/mol. The summed E-state index contributed by atoms with van der Waals surface area (Å²) in [4.78, 5) is 24.0. The Morgan fingerprint density at radius 2 is 1.64 bits per heavy atom. The normalized spacial score (nSPS) is 10.4. The summed E-state index contributed by atoms with van der Waals surface area (Å²) >= 11 is 3.38. The number of nitrogens with one attached hydrogen (secondary N) is 1. The molecule has 1 amide bonds. The molecule has 0 fully saturated rings. The summed E-state index contributed by atoms with van der Waals surface area (Å²) in [5, 5.41) is 2.82. The minimum Gasteiger partial charge on any atom is -0.397 e. The molecule has 2 aromatic rings. The molecule has 0 saturated carbocycles. The van der Waals surface area contributed by atoms with Crippen LogP contribution in [0.5, 0.6) is 0 Å². The maximum Gasteiger partial charge on any atom is 0.224 e. The van der Waals surface area contributed by atoms with Crippen molar-refractivity contribution in [2.45, 2.75) is 38.5 Å². The molecule has 132 valence electrons. The fraction of sp³-hybridized carbons (Fsp3) is 0.300. The van der Waals surface area contributed by atoms with Crippen molar-refractivity contribution < 1.29 is 9.59 Å². The van der Waals surface area contributed by atoms with Crippen molar-refractivity contribution in [3.8, 4) is 0 Å². The van der Waals surface area contributed by atoms with E-state index in [-0.39, 0.29) is 11.7 Å². The Labute approximate surface area is 156 Å². The summed E-state index contributed by atoms with van der Waals surface area (Å²) in [6.07, 6.45) is 4.54. The number of ketones is 1. The zero-order chi connectivity index (χ0) is 18.1. The predicted octanol–water partition coefficient (Wildman–Crippen LogP) is 5.19. The number of hydrogen-bond donors (Lipinski definition) is 2. The van der Waals surface area contributed by atoms with Crippen LogP contribution in [0.1, 0.15) is 48.9 Å². The number of rotatable bonds is 9. The second-order valence-corrected chi connectivity index (χ2v) is 6.90.